The molecule has 2 amide bonds. The number of hydrogen-bond donors (Lipinski definition) is 2. The van der Waals surface area contributed by atoms with Crippen molar-refractivity contribution in [3.8, 4) is 0 Å². The fourth-order valence-corrected chi connectivity index (χ4v) is 2.21. The summed E-state index contributed by atoms with van der Waals surface area (Å²) in [5.74, 6) is -0.333. The van der Waals surface area contributed by atoms with Gasteiger partial charge in [0, 0.05) is 40.1 Å². The van der Waals surface area contributed by atoms with Gasteiger partial charge < -0.3 is 5.32 Å². The van der Waals surface area contributed by atoms with Gasteiger partial charge in [-0.25, -0.2) is 5.43 Å². The maximum atomic E-state index is 11.8. The molecule has 1 aromatic carbocycles. The molecule has 0 unspecified atom stereocenters. The summed E-state index contributed by atoms with van der Waals surface area (Å²) in [5.41, 5.74) is 3.99. The van der Waals surface area contributed by atoms with Crippen LogP contribution < -0.4 is 10.7 Å². The zero-order chi connectivity index (χ0) is 17.2. The first-order valence-electron chi connectivity index (χ1n) is 7.41. The molecule has 0 fully saturated rings. The van der Waals surface area contributed by atoms with Crippen LogP contribution in [0.2, 0.25) is 0 Å². The van der Waals surface area contributed by atoms with Gasteiger partial charge in [-0.2, -0.15) is 5.10 Å². The first kappa shape index (κ1) is 18.1. The van der Waals surface area contributed by atoms with Crippen LogP contribution in [0.3, 0.4) is 0 Å². The molecule has 2 N–H and O–H groups in total. The smallest absolute Gasteiger partial charge is 0.240 e. The maximum Gasteiger partial charge on any atom is 0.240 e. The number of pyridine rings is 1. The molecule has 7 heteroatoms. The number of carbonyl (C=O) groups is 2. The van der Waals surface area contributed by atoms with Crippen LogP contribution in [0.4, 0.5) is 5.69 Å². The van der Waals surface area contributed by atoms with E-state index in [0.29, 0.717) is 6.42 Å². The molecule has 0 bridgehead atoms. The van der Waals surface area contributed by atoms with Crippen molar-refractivity contribution in [1.29, 1.82) is 0 Å². The van der Waals surface area contributed by atoms with Gasteiger partial charge in [0.1, 0.15) is 0 Å². The van der Waals surface area contributed by atoms with Crippen molar-refractivity contribution in [3.63, 3.8) is 0 Å². The normalized spacial score (nSPS) is 10.5. The van der Waals surface area contributed by atoms with E-state index >= 15 is 0 Å². The zero-order valence-corrected chi connectivity index (χ0v) is 15.1. The Bertz CT molecular complexity index is 702. The van der Waals surface area contributed by atoms with Crippen LogP contribution in [0.15, 0.2) is 53.9 Å². The molecule has 6 nitrogen and oxygen atoms in total. The van der Waals surface area contributed by atoms with Crippen LogP contribution in [0.1, 0.15) is 24.8 Å². The minimum absolute atomic E-state index is 0.108. The fourth-order valence-electron chi connectivity index (χ4n) is 1.85. The molecule has 24 heavy (non-hydrogen) atoms. The van der Waals surface area contributed by atoms with E-state index in [0.717, 1.165) is 14.8 Å². The van der Waals surface area contributed by atoms with E-state index in [4.69, 9.17) is 0 Å². The highest BCUT2D eigenvalue weighted by Gasteiger charge is 2.05. The molecule has 2 rings (SSSR count). The van der Waals surface area contributed by atoms with E-state index in [1.165, 1.54) is 6.21 Å². The van der Waals surface area contributed by atoms with Gasteiger partial charge in [-0.15, -0.1) is 0 Å². The van der Waals surface area contributed by atoms with Crippen LogP contribution in [-0.4, -0.2) is 23.0 Å². The summed E-state index contributed by atoms with van der Waals surface area (Å²) in [6, 6.07) is 11.2. The predicted octanol–water partition coefficient (Wildman–Crippen LogP) is 2.95. The number of hydrazone groups is 1. The monoisotopic (exact) mass is 436 g/mol. The third-order valence-corrected chi connectivity index (χ3v) is 3.74. The van der Waals surface area contributed by atoms with Crippen LogP contribution in [0, 0.1) is 3.57 Å². The Morgan fingerprint density at radius 1 is 1.12 bits per heavy atom. The van der Waals surface area contributed by atoms with E-state index in [1.807, 2.05) is 30.3 Å². The second-order valence-electron chi connectivity index (χ2n) is 4.99. The molecule has 0 spiro atoms. The van der Waals surface area contributed by atoms with Gasteiger partial charge >= 0.3 is 0 Å². The number of benzene rings is 1. The zero-order valence-electron chi connectivity index (χ0n) is 12.9. The lowest BCUT2D eigenvalue weighted by molar-refractivity contribution is -0.121. The van der Waals surface area contributed by atoms with Crippen LogP contribution >= 0.6 is 22.6 Å². The van der Waals surface area contributed by atoms with E-state index < -0.39 is 0 Å². The van der Waals surface area contributed by atoms with E-state index in [1.54, 1.807) is 18.5 Å². The summed E-state index contributed by atoms with van der Waals surface area (Å²) in [7, 11) is 0. The Morgan fingerprint density at radius 2 is 1.88 bits per heavy atom. The summed E-state index contributed by atoms with van der Waals surface area (Å²) in [5, 5.41) is 6.65. The Labute approximate surface area is 153 Å². The summed E-state index contributed by atoms with van der Waals surface area (Å²) >= 11 is 2.20. The second kappa shape index (κ2) is 9.76. The highest BCUT2D eigenvalue weighted by Crippen LogP contribution is 2.11. The lowest BCUT2D eigenvalue weighted by Crippen LogP contribution is -2.18. The lowest BCUT2D eigenvalue weighted by Gasteiger charge is -2.05. The molecule has 0 saturated carbocycles. The average Bonchev–Trinajstić information content (AvgIpc) is 2.58. The number of amides is 2. The Hall–Kier alpha value is -2.29. The SMILES string of the molecule is O=C(CCCC(=O)Nc1ccc(I)cc1)NN=Cc1cccnc1. The molecule has 0 aliphatic rings. The van der Waals surface area contributed by atoms with Crippen molar-refractivity contribution >= 4 is 46.3 Å². The molecule has 0 atom stereocenters. The number of anilines is 1. The quantitative estimate of drug-likeness (QED) is 0.398. The number of hydrogen-bond acceptors (Lipinski definition) is 4. The summed E-state index contributed by atoms with van der Waals surface area (Å²) in [6.07, 6.45) is 5.82. The highest BCUT2D eigenvalue weighted by atomic mass is 127. The van der Waals surface area contributed by atoms with Crippen LogP contribution in [0.25, 0.3) is 0 Å². The van der Waals surface area contributed by atoms with Gasteiger partial charge in [-0.05, 0) is 59.3 Å². The average molecular weight is 436 g/mol. The fraction of sp³-hybridized carbons (Fsp3) is 0.176. The minimum atomic E-state index is -0.225. The van der Waals surface area contributed by atoms with Crippen molar-refractivity contribution in [1.82, 2.24) is 10.4 Å². The number of aromatic nitrogens is 1. The van der Waals surface area contributed by atoms with Crippen molar-refractivity contribution in [2.45, 2.75) is 19.3 Å². The summed E-state index contributed by atoms with van der Waals surface area (Å²) < 4.78 is 1.11. The largest absolute Gasteiger partial charge is 0.326 e. The number of carbonyl (C=O) groups excluding carboxylic acids is 2. The standard InChI is InChI=1S/C17H17IN4O2/c18-14-6-8-15(9-7-14)21-16(23)4-1-5-17(24)22-20-12-13-3-2-10-19-11-13/h2-3,6-12H,1,4-5H2,(H,21,23)(H,22,24). The van der Waals surface area contributed by atoms with Crippen molar-refractivity contribution in [2.75, 3.05) is 5.32 Å². The maximum absolute atomic E-state index is 11.8. The topological polar surface area (TPSA) is 83.5 Å². The van der Waals surface area contributed by atoms with Crippen molar-refractivity contribution < 1.29 is 9.59 Å². The molecule has 0 saturated heterocycles. The molecule has 1 aromatic heterocycles. The van der Waals surface area contributed by atoms with Gasteiger partial charge in [0.25, 0.3) is 0 Å². The summed E-state index contributed by atoms with van der Waals surface area (Å²) in [6.45, 7) is 0. The molecule has 0 radical (unpaired) electrons. The third-order valence-electron chi connectivity index (χ3n) is 3.02. The number of nitrogens with zero attached hydrogens (tertiary/aromatic N) is 2. The first-order valence-corrected chi connectivity index (χ1v) is 8.49. The Morgan fingerprint density at radius 3 is 2.58 bits per heavy atom. The highest BCUT2D eigenvalue weighted by molar-refractivity contribution is 14.1. The van der Waals surface area contributed by atoms with Crippen LogP contribution in [-0.2, 0) is 9.59 Å². The Balaban J connectivity index is 1.64. The van der Waals surface area contributed by atoms with Crippen LogP contribution in [0.5, 0.6) is 0 Å². The van der Waals surface area contributed by atoms with Gasteiger partial charge in [0.05, 0.1) is 6.21 Å². The molecular formula is C17H17IN4O2. The van der Waals surface area contributed by atoms with E-state index in [2.05, 4.69) is 43.4 Å². The van der Waals surface area contributed by atoms with Gasteiger partial charge in [0.15, 0.2) is 0 Å². The van der Waals surface area contributed by atoms with Crippen molar-refractivity contribution in [3.05, 3.63) is 57.9 Å². The summed E-state index contributed by atoms with van der Waals surface area (Å²) in [4.78, 5) is 27.4. The molecule has 124 valence electrons. The second-order valence-corrected chi connectivity index (χ2v) is 6.23. The molecule has 0 aliphatic carbocycles. The Kier molecular flexibility index (Phi) is 7.34. The van der Waals surface area contributed by atoms with Gasteiger partial charge in [-0.3, -0.25) is 14.6 Å². The number of halogens is 1. The number of rotatable bonds is 7. The first-order chi connectivity index (χ1) is 11.6. The van der Waals surface area contributed by atoms with E-state index in [-0.39, 0.29) is 24.7 Å². The van der Waals surface area contributed by atoms with Gasteiger partial charge in [0.2, 0.25) is 11.8 Å². The third kappa shape index (κ3) is 6.86. The predicted molar refractivity (Wildman–Crippen MR) is 102 cm³/mol. The van der Waals surface area contributed by atoms with Crippen molar-refractivity contribution in [2.24, 2.45) is 5.10 Å². The lowest BCUT2D eigenvalue weighted by atomic mass is 10.2. The van der Waals surface area contributed by atoms with Gasteiger partial charge in [-0.1, -0.05) is 6.07 Å². The molecule has 1 heterocycles. The number of nitrogens with one attached hydrogen (secondary N) is 2. The minimum Gasteiger partial charge on any atom is -0.326 e. The molecule has 2 aromatic rings. The molecular weight excluding hydrogens is 419 g/mol. The van der Waals surface area contributed by atoms with E-state index in [9.17, 15) is 9.59 Å². The molecule has 0 aliphatic heterocycles.